The van der Waals surface area contributed by atoms with Gasteiger partial charge in [0, 0.05) is 27.9 Å². The SMILES string of the molecule is CNC(=O)Cc1csc(C2=NC(c3ccc(F)cc3Br)C(C(=O)O)=C(CBr)N2)n1. The molecule has 7 nitrogen and oxygen atoms in total. The molecule has 1 aliphatic heterocycles. The summed E-state index contributed by atoms with van der Waals surface area (Å²) in [6.45, 7) is 0. The molecule has 29 heavy (non-hydrogen) atoms. The number of aliphatic carboxylic acids is 1. The van der Waals surface area contributed by atoms with Crippen molar-refractivity contribution in [2.24, 2.45) is 4.99 Å². The topological polar surface area (TPSA) is 104 Å². The Morgan fingerprint density at radius 1 is 1.41 bits per heavy atom. The predicted octanol–water partition coefficient (Wildman–Crippen LogP) is 3.16. The molecular weight excluding hydrogens is 531 g/mol. The van der Waals surface area contributed by atoms with Crippen molar-refractivity contribution in [1.29, 1.82) is 0 Å². The van der Waals surface area contributed by atoms with Crippen LogP contribution < -0.4 is 10.6 Å². The van der Waals surface area contributed by atoms with Gasteiger partial charge in [-0.3, -0.25) is 9.79 Å². The molecule has 0 radical (unpaired) electrons. The van der Waals surface area contributed by atoms with Crippen LogP contribution in [0.1, 0.15) is 22.3 Å². The van der Waals surface area contributed by atoms with Gasteiger partial charge in [-0.25, -0.2) is 14.2 Å². The number of hydrogen-bond acceptors (Lipinski definition) is 6. The van der Waals surface area contributed by atoms with Crippen LogP contribution in [0, 0.1) is 5.82 Å². The van der Waals surface area contributed by atoms with Gasteiger partial charge in [0.25, 0.3) is 0 Å². The van der Waals surface area contributed by atoms with E-state index in [1.165, 1.54) is 29.5 Å². The molecule has 1 aromatic heterocycles. The number of alkyl halides is 1. The van der Waals surface area contributed by atoms with Crippen LogP contribution in [0.25, 0.3) is 0 Å². The second-order valence-electron chi connectivity index (χ2n) is 6.00. The zero-order chi connectivity index (χ0) is 21.1. The van der Waals surface area contributed by atoms with Crippen LogP contribution in [-0.2, 0) is 16.0 Å². The molecule has 1 aliphatic rings. The van der Waals surface area contributed by atoms with E-state index in [9.17, 15) is 19.1 Å². The third-order valence-electron chi connectivity index (χ3n) is 4.12. The van der Waals surface area contributed by atoms with E-state index >= 15 is 0 Å². The second-order valence-corrected chi connectivity index (χ2v) is 8.27. The number of carboxylic acid groups (broad SMARTS) is 1. The van der Waals surface area contributed by atoms with E-state index in [-0.39, 0.29) is 23.2 Å². The summed E-state index contributed by atoms with van der Waals surface area (Å²) in [6, 6.07) is 3.17. The molecule has 0 bridgehead atoms. The minimum absolute atomic E-state index is 0.0556. The number of aromatic nitrogens is 1. The number of hydrogen-bond donors (Lipinski definition) is 3. The number of benzene rings is 1. The van der Waals surface area contributed by atoms with Crippen molar-refractivity contribution in [1.82, 2.24) is 15.6 Å². The lowest BCUT2D eigenvalue weighted by Crippen LogP contribution is -2.34. The number of carboxylic acids is 1. The Hall–Kier alpha value is -2.11. The van der Waals surface area contributed by atoms with E-state index in [0.29, 0.717) is 32.3 Å². The number of nitrogens with one attached hydrogen (secondary N) is 2. The molecule has 0 saturated carbocycles. The Bertz CT molecular complexity index is 1040. The number of amides is 1. The van der Waals surface area contributed by atoms with Crippen LogP contribution in [0.4, 0.5) is 4.39 Å². The van der Waals surface area contributed by atoms with E-state index in [1.807, 2.05) is 0 Å². The summed E-state index contributed by atoms with van der Waals surface area (Å²) in [7, 11) is 1.55. The molecule has 0 saturated heterocycles. The van der Waals surface area contributed by atoms with Gasteiger partial charge in [0.2, 0.25) is 5.91 Å². The van der Waals surface area contributed by atoms with Gasteiger partial charge in [-0.15, -0.1) is 11.3 Å². The van der Waals surface area contributed by atoms with Gasteiger partial charge < -0.3 is 15.7 Å². The molecule has 2 aromatic rings. The number of aliphatic imine (C=N–C) groups is 1. The van der Waals surface area contributed by atoms with Gasteiger partial charge >= 0.3 is 5.97 Å². The van der Waals surface area contributed by atoms with Gasteiger partial charge in [0.05, 0.1) is 17.7 Å². The first kappa shape index (κ1) is 21.6. The number of nitrogens with zero attached hydrogens (tertiary/aromatic N) is 2. The third-order valence-corrected chi connectivity index (χ3v) is 6.27. The lowest BCUT2D eigenvalue weighted by molar-refractivity contribution is -0.133. The summed E-state index contributed by atoms with van der Waals surface area (Å²) < 4.78 is 14.0. The molecular formula is C18H15Br2FN4O3S. The van der Waals surface area contributed by atoms with Crippen molar-refractivity contribution >= 4 is 60.9 Å². The minimum atomic E-state index is -1.13. The van der Waals surface area contributed by atoms with Gasteiger partial charge in [-0.2, -0.15) is 0 Å². The normalized spacial score (nSPS) is 16.3. The fraction of sp³-hybridized carbons (Fsp3) is 0.222. The van der Waals surface area contributed by atoms with Gasteiger partial charge in [0.15, 0.2) is 10.8 Å². The molecule has 0 spiro atoms. The van der Waals surface area contributed by atoms with Crippen molar-refractivity contribution in [3.63, 3.8) is 0 Å². The lowest BCUT2D eigenvalue weighted by Gasteiger charge is -2.25. The number of rotatable bonds is 6. The Kier molecular flexibility index (Phi) is 6.81. The highest BCUT2D eigenvalue weighted by Crippen LogP contribution is 2.36. The molecule has 0 aliphatic carbocycles. The maximum Gasteiger partial charge on any atom is 0.335 e. The molecule has 3 rings (SSSR count). The Morgan fingerprint density at radius 3 is 2.79 bits per heavy atom. The molecule has 2 heterocycles. The summed E-state index contributed by atoms with van der Waals surface area (Å²) in [5.74, 6) is -1.35. The molecule has 1 unspecified atom stereocenters. The Labute approximate surface area is 186 Å². The number of likely N-dealkylation sites (N-methyl/N-ethyl adjacent to an activating group) is 1. The van der Waals surface area contributed by atoms with Crippen LogP contribution in [0.2, 0.25) is 0 Å². The third kappa shape index (κ3) is 4.73. The van der Waals surface area contributed by atoms with E-state index in [1.54, 1.807) is 12.4 Å². The van der Waals surface area contributed by atoms with E-state index in [0.717, 1.165) is 0 Å². The summed E-state index contributed by atoms with van der Waals surface area (Å²) in [5, 5.41) is 17.9. The first-order valence-corrected chi connectivity index (χ1v) is 11.1. The summed E-state index contributed by atoms with van der Waals surface area (Å²) in [4.78, 5) is 32.5. The number of amidine groups is 1. The molecule has 152 valence electrons. The average molecular weight is 546 g/mol. The monoisotopic (exact) mass is 544 g/mol. The maximum atomic E-state index is 13.5. The molecule has 3 N–H and O–H groups in total. The van der Waals surface area contributed by atoms with Crippen molar-refractivity contribution in [2.75, 3.05) is 12.4 Å². The summed E-state index contributed by atoms with van der Waals surface area (Å²) >= 11 is 7.91. The van der Waals surface area contributed by atoms with Gasteiger partial charge in [-0.1, -0.05) is 37.9 Å². The lowest BCUT2D eigenvalue weighted by atomic mass is 9.96. The Balaban J connectivity index is 2.06. The fourth-order valence-electron chi connectivity index (χ4n) is 2.76. The van der Waals surface area contributed by atoms with E-state index in [2.05, 4.69) is 52.5 Å². The molecule has 11 heteroatoms. The zero-order valence-electron chi connectivity index (χ0n) is 15.0. The van der Waals surface area contributed by atoms with Crippen molar-refractivity contribution in [2.45, 2.75) is 12.5 Å². The van der Waals surface area contributed by atoms with Crippen LogP contribution in [-0.4, -0.2) is 40.2 Å². The number of thiazole rings is 1. The van der Waals surface area contributed by atoms with Gasteiger partial charge in [-0.05, 0) is 17.7 Å². The largest absolute Gasteiger partial charge is 0.478 e. The molecule has 0 fully saturated rings. The van der Waals surface area contributed by atoms with E-state index in [4.69, 9.17) is 0 Å². The number of carbonyl (C=O) groups excluding carboxylic acids is 1. The minimum Gasteiger partial charge on any atom is -0.478 e. The first-order chi connectivity index (χ1) is 13.8. The highest BCUT2D eigenvalue weighted by Gasteiger charge is 2.32. The molecule has 1 amide bonds. The summed E-state index contributed by atoms with van der Waals surface area (Å²) in [6.07, 6.45) is 0.134. The van der Waals surface area contributed by atoms with Crippen LogP contribution >= 0.6 is 43.2 Å². The Morgan fingerprint density at radius 2 is 2.17 bits per heavy atom. The second kappa shape index (κ2) is 9.14. The highest BCUT2D eigenvalue weighted by atomic mass is 79.9. The standard InChI is InChI=1S/C18H15Br2FN4O3S/c1-22-13(26)5-9-7-29-17(23-9)16-24-12(6-19)14(18(27)28)15(25-16)10-3-2-8(21)4-11(10)20/h2-4,7,15H,5-6H2,1H3,(H,22,26)(H,24,25)(H,27,28). The van der Waals surface area contributed by atoms with Crippen LogP contribution in [0.5, 0.6) is 0 Å². The van der Waals surface area contributed by atoms with Crippen molar-refractivity contribution < 1.29 is 19.1 Å². The molecule has 1 atom stereocenters. The highest BCUT2D eigenvalue weighted by molar-refractivity contribution is 9.10. The number of halogens is 3. The predicted molar refractivity (Wildman–Crippen MR) is 115 cm³/mol. The maximum absolute atomic E-state index is 13.5. The number of carbonyl (C=O) groups is 2. The van der Waals surface area contributed by atoms with Crippen LogP contribution in [0.3, 0.4) is 0 Å². The number of allylic oxidation sites excluding steroid dienone is 1. The smallest absolute Gasteiger partial charge is 0.335 e. The van der Waals surface area contributed by atoms with Crippen molar-refractivity contribution in [3.8, 4) is 0 Å². The van der Waals surface area contributed by atoms with Crippen molar-refractivity contribution in [3.05, 3.63) is 61.4 Å². The first-order valence-electron chi connectivity index (χ1n) is 8.31. The van der Waals surface area contributed by atoms with Gasteiger partial charge in [0.1, 0.15) is 11.9 Å². The fourth-order valence-corrected chi connectivity index (χ4v) is 4.54. The summed E-state index contributed by atoms with van der Waals surface area (Å²) in [5.41, 5.74) is 1.58. The quantitative estimate of drug-likeness (QED) is 0.484. The average Bonchev–Trinajstić information content (AvgIpc) is 3.15. The molecule has 1 aromatic carbocycles. The zero-order valence-corrected chi connectivity index (χ0v) is 19.0. The van der Waals surface area contributed by atoms with Crippen LogP contribution in [0.15, 0.2) is 44.3 Å². The van der Waals surface area contributed by atoms with E-state index < -0.39 is 17.8 Å².